The SMILES string of the molecule is CC(C)(C)c1ccc(CN2CCC3(CCN(c4ccc(C(=O)NCCc5ccncc5)nn4)CC3)Oc3ccccc32)cc1. The molecule has 1 amide bonds. The number of nitrogens with one attached hydrogen (secondary N) is 1. The highest BCUT2D eigenvalue weighted by Crippen LogP contribution is 2.41. The van der Waals surface area contributed by atoms with Crippen LogP contribution in [0.25, 0.3) is 0 Å². The van der Waals surface area contributed by atoms with E-state index < -0.39 is 0 Å². The minimum Gasteiger partial charge on any atom is -0.485 e. The summed E-state index contributed by atoms with van der Waals surface area (Å²) >= 11 is 0. The molecular formula is C36H42N6O2. The molecule has 0 aliphatic carbocycles. The van der Waals surface area contributed by atoms with Gasteiger partial charge < -0.3 is 19.9 Å². The van der Waals surface area contributed by atoms with Crippen molar-refractivity contribution in [2.75, 3.05) is 36.0 Å². The Balaban J connectivity index is 1.06. The van der Waals surface area contributed by atoms with Crippen LogP contribution in [0.1, 0.15) is 67.2 Å². The number of hydrogen-bond donors (Lipinski definition) is 1. The van der Waals surface area contributed by atoms with Crippen molar-refractivity contribution in [2.24, 2.45) is 0 Å². The first-order chi connectivity index (χ1) is 21.3. The summed E-state index contributed by atoms with van der Waals surface area (Å²) in [6, 6.07) is 25.1. The van der Waals surface area contributed by atoms with Gasteiger partial charge in [-0.15, -0.1) is 10.2 Å². The summed E-state index contributed by atoms with van der Waals surface area (Å²) in [7, 11) is 0. The number of aromatic nitrogens is 3. The largest absolute Gasteiger partial charge is 0.485 e. The fraction of sp³-hybridized carbons (Fsp3) is 0.389. The number of nitrogens with zero attached hydrogens (tertiary/aromatic N) is 5. The van der Waals surface area contributed by atoms with Crippen LogP contribution in [-0.4, -0.2) is 52.9 Å². The fourth-order valence-corrected chi connectivity index (χ4v) is 6.11. The molecule has 4 aromatic rings. The van der Waals surface area contributed by atoms with Crippen molar-refractivity contribution in [1.82, 2.24) is 20.5 Å². The molecule has 1 spiro atoms. The van der Waals surface area contributed by atoms with E-state index in [1.165, 1.54) is 11.1 Å². The van der Waals surface area contributed by atoms with Crippen molar-refractivity contribution in [2.45, 2.75) is 64.0 Å². The number of ether oxygens (including phenoxy) is 1. The lowest BCUT2D eigenvalue weighted by atomic mass is 9.86. The lowest BCUT2D eigenvalue weighted by molar-refractivity contribution is 0.0410. The summed E-state index contributed by atoms with van der Waals surface area (Å²) in [6.45, 7) is 10.7. The number of para-hydroxylation sites is 2. The van der Waals surface area contributed by atoms with Crippen LogP contribution in [0.4, 0.5) is 11.5 Å². The third kappa shape index (κ3) is 6.85. The molecule has 1 saturated heterocycles. The molecular weight excluding hydrogens is 548 g/mol. The van der Waals surface area contributed by atoms with Crippen molar-refractivity contribution in [3.63, 3.8) is 0 Å². The first-order valence-corrected chi connectivity index (χ1v) is 15.7. The van der Waals surface area contributed by atoms with Gasteiger partial charge in [0.05, 0.1) is 5.69 Å². The van der Waals surface area contributed by atoms with Gasteiger partial charge in [0.15, 0.2) is 11.5 Å². The van der Waals surface area contributed by atoms with E-state index in [2.05, 4.69) is 99.6 Å². The standard InChI is InChI=1S/C36H42N6O2/c1-35(2,3)29-10-8-28(9-11-29)26-42-25-19-36(44-32-7-5-4-6-31(32)42)17-23-41(24-18-36)33-13-12-30(39-40-33)34(43)38-22-16-27-14-20-37-21-15-27/h4-15,20-21H,16-19,22-26H2,1-3H3,(H,38,43). The molecule has 1 fully saturated rings. The summed E-state index contributed by atoms with van der Waals surface area (Å²) < 4.78 is 6.86. The van der Waals surface area contributed by atoms with Gasteiger partial charge in [0.2, 0.25) is 0 Å². The molecule has 2 aliphatic rings. The van der Waals surface area contributed by atoms with Crippen LogP contribution in [0.3, 0.4) is 0 Å². The molecule has 0 atom stereocenters. The first-order valence-electron chi connectivity index (χ1n) is 15.7. The molecule has 8 heteroatoms. The Hall–Kier alpha value is -4.46. The number of benzene rings is 2. The molecule has 6 rings (SSSR count). The van der Waals surface area contributed by atoms with E-state index in [9.17, 15) is 4.79 Å². The Morgan fingerprint density at radius 1 is 0.864 bits per heavy atom. The monoisotopic (exact) mass is 590 g/mol. The number of piperidine rings is 1. The van der Waals surface area contributed by atoms with E-state index in [1.54, 1.807) is 18.5 Å². The fourth-order valence-electron chi connectivity index (χ4n) is 6.11. The number of amides is 1. The van der Waals surface area contributed by atoms with Gasteiger partial charge >= 0.3 is 0 Å². The van der Waals surface area contributed by atoms with E-state index in [0.29, 0.717) is 12.2 Å². The normalized spacial score (nSPS) is 16.2. The van der Waals surface area contributed by atoms with Crippen LogP contribution in [0.2, 0.25) is 0 Å². The topological polar surface area (TPSA) is 83.5 Å². The van der Waals surface area contributed by atoms with Gasteiger partial charge in [-0.1, -0.05) is 57.2 Å². The van der Waals surface area contributed by atoms with Gasteiger partial charge in [0.1, 0.15) is 11.4 Å². The quantitative estimate of drug-likeness (QED) is 0.284. The average Bonchev–Trinajstić information content (AvgIpc) is 3.18. The van der Waals surface area contributed by atoms with Gasteiger partial charge in [-0.2, -0.15) is 0 Å². The zero-order valence-corrected chi connectivity index (χ0v) is 26.0. The number of hydrogen-bond acceptors (Lipinski definition) is 7. The highest BCUT2D eigenvalue weighted by Gasteiger charge is 2.40. The van der Waals surface area contributed by atoms with Crippen LogP contribution >= 0.6 is 0 Å². The summed E-state index contributed by atoms with van der Waals surface area (Å²) in [4.78, 5) is 21.3. The maximum atomic E-state index is 12.6. The number of anilines is 2. The lowest BCUT2D eigenvalue weighted by Crippen LogP contribution is -2.49. The number of pyridine rings is 1. The maximum Gasteiger partial charge on any atom is 0.271 e. The molecule has 44 heavy (non-hydrogen) atoms. The summed E-state index contributed by atoms with van der Waals surface area (Å²) in [6.07, 6.45) is 7.01. The second-order valence-corrected chi connectivity index (χ2v) is 13.0. The number of rotatable bonds is 7. The highest BCUT2D eigenvalue weighted by molar-refractivity contribution is 5.92. The summed E-state index contributed by atoms with van der Waals surface area (Å²) in [5.74, 6) is 1.54. The maximum absolute atomic E-state index is 12.6. The van der Waals surface area contributed by atoms with Crippen LogP contribution in [0.5, 0.6) is 5.75 Å². The minimum atomic E-state index is -0.223. The molecule has 228 valence electrons. The third-order valence-corrected chi connectivity index (χ3v) is 8.89. The Kier molecular flexibility index (Phi) is 8.51. The number of carbonyl (C=O) groups excluding carboxylic acids is 1. The Morgan fingerprint density at radius 3 is 2.30 bits per heavy atom. The van der Waals surface area contributed by atoms with Crippen molar-refractivity contribution in [3.05, 3.63) is 108 Å². The first kappa shape index (κ1) is 29.6. The smallest absolute Gasteiger partial charge is 0.271 e. The second-order valence-electron chi connectivity index (χ2n) is 13.0. The lowest BCUT2D eigenvalue weighted by Gasteiger charge is -2.41. The van der Waals surface area contributed by atoms with Gasteiger partial charge in [-0.05, 0) is 64.9 Å². The van der Waals surface area contributed by atoms with Gasteiger partial charge in [-0.3, -0.25) is 9.78 Å². The predicted octanol–water partition coefficient (Wildman–Crippen LogP) is 5.97. The van der Waals surface area contributed by atoms with E-state index in [4.69, 9.17) is 4.74 Å². The highest BCUT2D eigenvalue weighted by atomic mass is 16.5. The van der Waals surface area contributed by atoms with Crippen molar-refractivity contribution < 1.29 is 9.53 Å². The molecule has 4 heterocycles. The predicted molar refractivity (Wildman–Crippen MR) is 174 cm³/mol. The van der Waals surface area contributed by atoms with Crippen LogP contribution in [0, 0.1) is 0 Å². The third-order valence-electron chi connectivity index (χ3n) is 8.89. The zero-order valence-electron chi connectivity index (χ0n) is 26.0. The summed E-state index contributed by atoms with van der Waals surface area (Å²) in [5.41, 5.74) is 5.20. The molecule has 8 nitrogen and oxygen atoms in total. The molecule has 2 aromatic carbocycles. The zero-order chi connectivity index (χ0) is 30.6. The van der Waals surface area contributed by atoms with Crippen LogP contribution in [0.15, 0.2) is 85.2 Å². The number of fused-ring (bicyclic) bond motifs is 1. The van der Waals surface area contributed by atoms with Crippen molar-refractivity contribution in [3.8, 4) is 5.75 Å². The Labute approximate surface area is 260 Å². The minimum absolute atomic E-state index is 0.145. The van der Waals surface area contributed by atoms with Gasteiger partial charge in [0.25, 0.3) is 5.91 Å². The molecule has 1 N–H and O–H groups in total. The van der Waals surface area contributed by atoms with Crippen LogP contribution in [-0.2, 0) is 18.4 Å². The molecule has 2 aliphatic heterocycles. The molecule has 0 saturated carbocycles. The van der Waals surface area contributed by atoms with Crippen molar-refractivity contribution >= 4 is 17.4 Å². The molecule has 0 unspecified atom stereocenters. The second kappa shape index (κ2) is 12.6. The number of carbonyl (C=O) groups is 1. The van der Waals surface area contributed by atoms with Crippen LogP contribution < -0.4 is 19.9 Å². The summed E-state index contributed by atoms with van der Waals surface area (Å²) in [5, 5.41) is 11.6. The van der Waals surface area contributed by atoms with Crippen molar-refractivity contribution in [1.29, 1.82) is 0 Å². The van der Waals surface area contributed by atoms with Gasteiger partial charge in [-0.25, -0.2) is 0 Å². The van der Waals surface area contributed by atoms with E-state index in [1.807, 2.05) is 18.2 Å². The molecule has 0 radical (unpaired) electrons. The Bertz CT molecular complexity index is 1540. The van der Waals surface area contributed by atoms with Gasteiger partial charge in [0, 0.05) is 64.4 Å². The average molecular weight is 591 g/mol. The van der Waals surface area contributed by atoms with E-state index >= 15 is 0 Å². The molecule has 2 aromatic heterocycles. The molecule has 0 bridgehead atoms. The van der Waals surface area contributed by atoms with E-state index in [-0.39, 0.29) is 16.9 Å². The Morgan fingerprint density at radius 2 is 1.59 bits per heavy atom. The van der Waals surface area contributed by atoms with E-state index in [0.717, 1.165) is 74.7 Å².